The zero-order valence-electron chi connectivity index (χ0n) is 11.7. The maximum Gasteiger partial charge on any atom is 0.141 e. The van der Waals surface area contributed by atoms with Crippen LogP contribution in [0.25, 0.3) is 0 Å². The van der Waals surface area contributed by atoms with E-state index in [0.717, 1.165) is 30.1 Å². The minimum Gasteiger partial charge on any atom is -0.506 e. The maximum absolute atomic E-state index is 9.91. The van der Waals surface area contributed by atoms with Crippen LogP contribution in [0.15, 0.2) is 6.20 Å². The van der Waals surface area contributed by atoms with Gasteiger partial charge in [-0.25, -0.2) is 0 Å². The summed E-state index contributed by atoms with van der Waals surface area (Å²) in [5.41, 5.74) is 7.96. The van der Waals surface area contributed by atoms with Crippen LogP contribution >= 0.6 is 0 Å². The van der Waals surface area contributed by atoms with E-state index >= 15 is 0 Å². The van der Waals surface area contributed by atoms with E-state index in [2.05, 4.69) is 4.98 Å². The number of pyridine rings is 1. The van der Waals surface area contributed by atoms with Gasteiger partial charge in [-0.05, 0) is 19.3 Å². The molecule has 1 saturated carbocycles. The van der Waals surface area contributed by atoms with Crippen molar-refractivity contribution in [2.75, 3.05) is 6.61 Å². The fourth-order valence-electron chi connectivity index (χ4n) is 2.77. The molecule has 0 saturated heterocycles. The Labute approximate surface area is 115 Å². The number of ether oxygens (including phenoxy) is 1. The van der Waals surface area contributed by atoms with Crippen molar-refractivity contribution in [2.45, 2.75) is 52.2 Å². The average molecular weight is 264 g/mol. The maximum atomic E-state index is 9.91. The van der Waals surface area contributed by atoms with Gasteiger partial charge in [-0.1, -0.05) is 25.7 Å². The number of rotatable bonds is 6. The normalized spacial score (nSPS) is 16.1. The summed E-state index contributed by atoms with van der Waals surface area (Å²) in [5.74, 6) is 1.05. The van der Waals surface area contributed by atoms with E-state index < -0.39 is 0 Å². The second kappa shape index (κ2) is 6.87. The third kappa shape index (κ3) is 3.67. The van der Waals surface area contributed by atoms with Crippen LogP contribution in [0.4, 0.5) is 0 Å². The smallest absolute Gasteiger partial charge is 0.141 e. The highest BCUT2D eigenvalue weighted by atomic mass is 16.5. The van der Waals surface area contributed by atoms with Gasteiger partial charge in [0.15, 0.2) is 0 Å². The first-order valence-electron chi connectivity index (χ1n) is 7.16. The third-order valence-corrected chi connectivity index (χ3v) is 4.04. The van der Waals surface area contributed by atoms with Crippen LogP contribution in [0.3, 0.4) is 0 Å². The van der Waals surface area contributed by atoms with Crippen molar-refractivity contribution in [2.24, 2.45) is 11.7 Å². The average Bonchev–Trinajstić information content (AvgIpc) is 2.92. The molecule has 0 aromatic carbocycles. The van der Waals surface area contributed by atoms with Crippen LogP contribution in [-0.2, 0) is 17.9 Å². The Morgan fingerprint density at radius 1 is 1.42 bits per heavy atom. The minimum absolute atomic E-state index is 0.208. The fourth-order valence-corrected chi connectivity index (χ4v) is 2.77. The van der Waals surface area contributed by atoms with Crippen molar-refractivity contribution in [1.29, 1.82) is 0 Å². The summed E-state index contributed by atoms with van der Waals surface area (Å²) in [5, 5.41) is 9.91. The molecule has 2 rings (SSSR count). The first-order chi connectivity index (χ1) is 9.22. The Balaban J connectivity index is 1.83. The lowest BCUT2D eigenvalue weighted by Gasteiger charge is -2.13. The van der Waals surface area contributed by atoms with E-state index in [1.165, 1.54) is 25.7 Å². The number of aromatic nitrogens is 1. The summed E-state index contributed by atoms with van der Waals surface area (Å²) >= 11 is 0. The Bertz CT molecular complexity index is 415. The molecular formula is C15H24N2O2. The first kappa shape index (κ1) is 14.3. The van der Waals surface area contributed by atoms with Crippen molar-refractivity contribution >= 4 is 0 Å². The molecule has 1 aromatic rings. The van der Waals surface area contributed by atoms with E-state index in [1.54, 1.807) is 13.1 Å². The molecule has 4 nitrogen and oxygen atoms in total. The number of nitrogens with two attached hydrogens (primary N) is 1. The fraction of sp³-hybridized carbons (Fsp3) is 0.667. The van der Waals surface area contributed by atoms with Gasteiger partial charge >= 0.3 is 0 Å². The zero-order valence-corrected chi connectivity index (χ0v) is 11.7. The van der Waals surface area contributed by atoms with Crippen LogP contribution in [0.2, 0.25) is 0 Å². The summed E-state index contributed by atoms with van der Waals surface area (Å²) in [6, 6.07) is 0. The van der Waals surface area contributed by atoms with Crippen LogP contribution in [0.5, 0.6) is 5.75 Å². The highest BCUT2D eigenvalue weighted by Gasteiger charge is 2.15. The van der Waals surface area contributed by atoms with Gasteiger partial charge in [0.1, 0.15) is 5.75 Å². The van der Waals surface area contributed by atoms with E-state index in [9.17, 15) is 5.11 Å². The molecule has 1 heterocycles. The van der Waals surface area contributed by atoms with E-state index in [1.807, 2.05) is 0 Å². The molecule has 3 N–H and O–H groups in total. The van der Waals surface area contributed by atoms with Crippen LogP contribution in [0.1, 0.15) is 48.9 Å². The molecule has 0 unspecified atom stereocenters. The molecule has 106 valence electrons. The second-order valence-electron chi connectivity index (χ2n) is 5.39. The molecule has 1 aliphatic carbocycles. The van der Waals surface area contributed by atoms with Crippen molar-refractivity contribution in [3.05, 3.63) is 23.0 Å². The minimum atomic E-state index is 0.208. The summed E-state index contributed by atoms with van der Waals surface area (Å²) in [7, 11) is 0. The van der Waals surface area contributed by atoms with Gasteiger partial charge < -0.3 is 15.6 Å². The van der Waals surface area contributed by atoms with E-state index in [0.29, 0.717) is 18.8 Å². The van der Waals surface area contributed by atoms with Gasteiger partial charge in [0, 0.05) is 30.5 Å². The molecule has 0 aliphatic heterocycles. The Hall–Kier alpha value is -1.13. The Kier molecular flexibility index (Phi) is 5.16. The van der Waals surface area contributed by atoms with Crippen LogP contribution < -0.4 is 5.73 Å². The van der Waals surface area contributed by atoms with Crippen LogP contribution in [0, 0.1) is 12.8 Å². The molecular weight excluding hydrogens is 240 g/mol. The lowest BCUT2D eigenvalue weighted by Crippen LogP contribution is -2.07. The van der Waals surface area contributed by atoms with Crippen molar-refractivity contribution in [3.8, 4) is 5.75 Å². The molecule has 0 amide bonds. The van der Waals surface area contributed by atoms with Crippen molar-refractivity contribution in [3.63, 3.8) is 0 Å². The molecule has 1 aromatic heterocycles. The molecule has 1 aliphatic rings. The second-order valence-corrected chi connectivity index (χ2v) is 5.39. The molecule has 4 heteroatoms. The molecule has 0 bridgehead atoms. The summed E-state index contributed by atoms with van der Waals surface area (Å²) in [6.07, 6.45) is 8.35. The third-order valence-electron chi connectivity index (χ3n) is 4.04. The molecule has 1 fully saturated rings. The standard InChI is InChI=1S/C15H24N2O2/c1-11-15(18)14(8-16)13(9-17-11)10-19-7-6-12-4-2-3-5-12/h9,12,18H,2-8,10,16H2,1H3. The Morgan fingerprint density at radius 2 is 2.16 bits per heavy atom. The monoisotopic (exact) mass is 264 g/mol. The number of aryl methyl sites for hydroxylation is 1. The van der Waals surface area contributed by atoms with Crippen LogP contribution in [-0.4, -0.2) is 16.7 Å². The van der Waals surface area contributed by atoms with E-state index in [4.69, 9.17) is 10.5 Å². The molecule has 0 radical (unpaired) electrons. The van der Waals surface area contributed by atoms with Crippen molar-refractivity contribution in [1.82, 2.24) is 4.98 Å². The highest BCUT2D eigenvalue weighted by Crippen LogP contribution is 2.28. The SMILES string of the molecule is Cc1ncc(COCCC2CCCC2)c(CN)c1O. The lowest BCUT2D eigenvalue weighted by atomic mass is 10.1. The van der Waals surface area contributed by atoms with Crippen molar-refractivity contribution < 1.29 is 9.84 Å². The van der Waals surface area contributed by atoms with Gasteiger partial charge in [0.25, 0.3) is 0 Å². The molecule has 0 atom stereocenters. The van der Waals surface area contributed by atoms with Gasteiger partial charge in [-0.3, -0.25) is 4.98 Å². The summed E-state index contributed by atoms with van der Waals surface area (Å²) in [4.78, 5) is 4.16. The topological polar surface area (TPSA) is 68.4 Å². The van der Waals surface area contributed by atoms with Gasteiger partial charge in [-0.15, -0.1) is 0 Å². The summed E-state index contributed by atoms with van der Waals surface area (Å²) < 4.78 is 5.71. The predicted molar refractivity (Wildman–Crippen MR) is 74.8 cm³/mol. The van der Waals surface area contributed by atoms with Gasteiger partial charge in [-0.2, -0.15) is 0 Å². The number of nitrogens with zero attached hydrogens (tertiary/aromatic N) is 1. The number of aromatic hydroxyl groups is 1. The summed E-state index contributed by atoms with van der Waals surface area (Å²) in [6.45, 7) is 3.36. The van der Waals surface area contributed by atoms with E-state index in [-0.39, 0.29) is 5.75 Å². The van der Waals surface area contributed by atoms with Gasteiger partial charge in [0.05, 0.1) is 12.3 Å². The zero-order chi connectivity index (χ0) is 13.7. The quantitative estimate of drug-likeness (QED) is 0.775. The molecule has 19 heavy (non-hydrogen) atoms. The number of hydrogen-bond acceptors (Lipinski definition) is 4. The number of hydrogen-bond donors (Lipinski definition) is 2. The highest BCUT2D eigenvalue weighted by molar-refractivity contribution is 5.40. The lowest BCUT2D eigenvalue weighted by molar-refractivity contribution is 0.107. The first-order valence-corrected chi connectivity index (χ1v) is 7.16. The molecule has 0 spiro atoms. The predicted octanol–water partition coefficient (Wildman–Crippen LogP) is 2.65. The Morgan fingerprint density at radius 3 is 2.84 bits per heavy atom. The largest absolute Gasteiger partial charge is 0.506 e. The van der Waals surface area contributed by atoms with Gasteiger partial charge in [0.2, 0.25) is 0 Å².